The molecule has 1 aromatic carbocycles. The van der Waals surface area contributed by atoms with Gasteiger partial charge in [0.1, 0.15) is 0 Å². The zero-order valence-corrected chi connectivity index (χ0v) is 11.0. The molecule has 19 heavy (non-hydrogen) atoms. The van der Waals surface area contributed by atoms with Crippen LogP contribution in [0.1, 0.15) is 12.8 Å². The van der Waals surface area contributed by atoms with Crippen LogP contribution in [0.15, 0.2) is 16.8 Å². The minimum Gasteiger partial charge on any atom is -0.397 e. The van der Waals surface area contributed by atoms with E-state index < -0.39 is 0 Å². The van der Waals surface area contributed by atoms with Crippen molar-refractivity contribution in [3.63, 3.8) is 0 Å². The van der Waals surface area contributed by atoms with Gasteiger partial charge in [-0.1, -0.05) is 0 Å². The van der Waals surface area contributed by atoms with Crippen LogP contribution in [0.2, 0.25) is 0 Å². The zero-order valence-electron chi connectivity index (χ0n) is 11.0. The molecule has 1 aliphatic heterocycles. The van der Waals surface area contributed by atoms with Gasteiger partial charge in [-0.05, 0) is 41.2 Å². The largest absolute Gasteiger partial charge is 0.397 e. The first-order valence-corrected chi connectivity index (χ1v) is 6.55. The number of nitrogens with two attached hydrogens (primary N) is 1. The van der Waals surface area contributed by atoms with Crippen molar-refractivity contribution in [2.45, 2.75) is 12.8 Å². The summed E-state index contributed by atoms with van der Waals surface area (Å²) in [4.78, 5) is 2.17. The lowest BCUT2D eigenvalue weighted by atomic mass is 10.0. The van der Waals surface area contributed by atoms with Gasteiger partial charge in [0, 0.05) is 20.2 Å². The number of nitrogens with zero attached hydrogens (tertiary/aromatic N) is 3. The molecule has 1 saturated heterocycles. The maximum atomic E-state index is 5.85. The standard InChI is InChI=1S/C13H18N4O2/c1-17(7-9-3-2-6-18-8-9)11-5-4-10(14)12-13(11)16-19-15-12/h4-5,9H,2-3,6-8,14H2,1H3. The third kappa shape index (κ3) is 2.35. The van der Waals surface area contributed by atoms with E-state index in [0.717, 1.165) is 37.4 Å². The normalized spacial score (nSPS) is 19.7. The van der Waals surface area contributed by atoms with Crippen molar-refractivity contribution in [2.24, 2.45) is 5.92 Å². The lowest BCUT2D eigenvalue weighted by molar-refractivity contribution is 0.0576. The molecule has 0 spiro atoms. The summed E-state index contributed by atoms with van der Waals surface area (Å²) in [7, 11) is 2.05. The molecule has 1 fully saturated rings. The minimum atomic E-state index is 0.561. The Morgan fingerprint density at radius 2 is 2.21 bits per heavy atom. The van der Waals surface area contributed by atoms with Crippen LogP contribution in [0.5, 0.6) is 0 Å². The Morgan fingerprint density at radius 3 is 3.00 bits per heavy atom. The molecule has 1 unspecified atom stereocenters. The molecule has 0 radical (unpaired) electrons. The highest BCUT2D eigenvalue weighted by Gasteiger charge is 2.19. The van der Waals surface area contributed by atoms with E-state index >= 15 is 0 Å². The molecular weight excluding hydrogens is 244 g/mol. The molecule has 102 valence electrons. The fourth-order valence-electron chi connectivity index (χ4n) is 2.62. The van der Waals surface area contributed by atoms with E-state index in [4.69, 9.17) is 15.1 Å². The van der Waals surface area contributed by atoms with Crippen LogP contribution < -0.4 is 10.6 Å². The highest BCUT2D eigenvalue weighted by Crippen LogP contribution is 2.28. The van der Waals surface area contributed by atoms with Gasteiger partial charge >= 0.3 is 0 Å². The van der Waals surface area contributed by atoms with E-state index in [0.29, 0.717) is 17.1 Å². The Kier molecular flexibility index (Phi) is 3.25. The molecule has 3 rings (SSSR count). The third-order valence-corrected chi connectivity index (χ3v) is 3.62. The molecule has 1 aliphatic rings. The van der Waals surface area contributed by atoms with E-state index in [-0.39, 0.29) is 0 Å². The quantitative estimate of drug-likeness (QED) is 0.848. The molecule has 1 aromatic heterocycles. The first kappa shape index (κ1) is 12.2. The topological polar surface area (TPSA) is 77.4 Å². The van der Waals surface area contributed by atoms with Crippen molar-refractivity contribution in [1.82, 2.24) is 10.3 Å². The highest BCUT2D eigenvalue weighted by molar-refractivity contribution is 5.95. The Hall–Kier alpha value is -1.82. The average Bonchev–Trinajstić information content (AvgIpc) is 2.90. The number of anilines is 2. The summed E-state index contributed by atoms with van der Waals surface area (Å²) in [5.74, 6) is 0.561. The van der Waals surface area contributed by atoms with Crippen LogP contribution in [0.3, 0.4) is 0 Å². The summed E-state index contributed by atoms with van der Waals surface area (Å²) in [6.07, 6.45) is 2.35. The van der Waals surface area contributed by atoms with Gasteiger partial charge in [-0.3, -0.25) is 0 Å². The zero-order chi connectivity index (χ0) is 13.2. The van der Waals surface area contributed by atoms with Crippen molar-refractivity contribution in [3.05, 3.63) is 12.1 Å². The molecule has 0 aliphatic carbocycles. The average molecular weight is 262 g/mol. The molecule has 6 nitrogen and oxygen atoms in total. The molecule has 0 bridgehead atoms. The van der Waals surface area contributed by atoms with Crippen LogP contribution in [-0.2, 0) is 4.74 Å². The molecule has 0 saturated carbocycles. The predicted molar refractivity (Wildman–Crippen MR) is 73.0 cm³/mol. The van der Waals surface area contributed by atoms with Crippen molar-refractivity contribution in [2.75, 3.05) is 37.4 Å². The van der Waals surface area contributed by atoms with E-state index in [1.165, 1.54) is 6.42 Å². The summed E-state index contributed by atoms with van der Waals surface area (Å²) in [6.45, 7) is 2.66. The van der Waals surface area contributed by atoms with Gasteiger partial charge in [0.15, 0.2) is 11.0 Å². The van der Waals surface area contributed by atoms with Gasteiger partial charge in [0.25, 0.3) is 0 Å². The predicted octanol–water partition coefficient (Wildman–Crippen LogP) is 1.67. The Bertz CT molecular complexity index is 563. The molecule has 0 amide bonds. The SMILES string of the molecule is CN(CC1CCCOC1)c1ccc(N)c2nonc12. The smallest absolute Gasteiger partial charge is 0.160 e. The first-order chi connectivity index (χ1) is 9.25. The van der Waals surface area contributed by atoms with Crippen LogP contribution in [0.4, 0.5) is 11.4 Å². The number of aromatic nitrogens is 2. The second-order valence-electron chi connectivity index (χ2n) is 5.10. The summed E-state index contributed by atoms with van der Waals surface area (Å²) in [5.41, 5.74) is 8.79. The number of hydrogen-bond acceptors (Lipinski definition) is 6. The second-order valence-corrected chi connectivity index (χ2v) is 5.10. The summed E-state index contributed by atoms with van der Waals surface area (Å²) >= 11 is 0. The Labute approximate surface area is 111 Å². The number of hydrogen-bond donors (Lipinski definition) is 1. The number of benzene rings is 1. The lowest BCUT2D eigenvalue weighted by Gasteiger charge is -2.28. The van der Waals surface area contributed by atoms with Crippen molar-refractivity contribution < 1.29 is 9.37 Å². The van der Waals surface area contributed by atoms with Crippen LogP contribution >= 0.6 is 0 Å². The van der Waals surface area contributed by atoms with Crippen LogP contribution in [0.25, 0.3) is 11.0 Å². The number of nitrogen functional groups attached to an aromatic ring is 1. The summed E-state index contributed by atoms with van der Waals surface area (Å²) < 4.78 is 10.3. The minimum absolute atomic E-state index is 0.561. The molecular formula is C13H18N4O2. The van der Waals surface area contributed by atoms with Gasteiger partial charge in [-0.25, -0.2) is 4.63 Å². The van der Waals surface area contributed by atoms with Crippen molar-refractivity contribution in [3.8, 4) is 0 Å². The monoisotopic (exact) mass is 262 g/mol. The molecule has 2 aromatic rings. The summed E-state index contributed by atoms with van der Waals surface area (Å²) in [5, 5.41) is 7.80. The van der Waals surface area contributed by atoms with E-state index in [1.807, 2.05) is 19.2 Å². The maximum absolute atomic E-state index is 5.85. The van der Waals surface area contributed by atoms with E-state index in [2.05, 4.69) is 15.2 Å². The van der Waals surface area contributed by atoms with E-state index in [1.54, 1.807) is 0 Å². The van der Waals surface area contributed by atoms with Gasteiger partial charge in [0.05, 0.1) is 18.0 Å². The van der Waals surface area contributed by atoms with Gasteiger partial charge in [-0.2, -0.15) is 0 Å². The van der Waals surface area contributed by atoms with Gasteiger partial charge in [-0.15, -0.1) is 0 Å². The fourth-order valence-corrected chi connectivity index (χ4v) is 2.62. The van der Waals surface area contributed by atoms with Crippen LogP contribution in [-0.4, -0.2) is 37.1 Å². The van der Waals surface area contributed by atoms with Gasteiger partial charge in [0.2, 0.25) is 0 Å². The molecule has 2 N–H and O–H groups in total. The number of ether oxygens (including phenoxy) is 1. The van der Waals surface area contributed by atoms with E-state index in [9.17, 15) is 0 Å². The molecule has 1 atom stereocenters. The van der Waals surface area contributed by atoms with Crippen LogP contribution in [0, 0.1) is 5.92 Å². The molecule has 6 heteroatoms. The lowest BCUT2D eigenvalue weighted by Crippen LogP contribution is -2.30. The highest BCUT2D eigenvalue weighted by atomic mass is 16.6. The fraction of sp³-hybridized carbons (Fsp3) is 0.538. The second kappa shape index (κ2) is 5.05. The van der Waals surface area contributed by atoms with Crippen molar-refractivity contribution >= 4 is 22.4 Å². The van der Waals surface area contributed by atoms with Gasteiger partial charge < -0.3 is 15.4 Å². The maximum Gasteiger partial charge on any atom is 0.160 e. The number of rotatable bonds is 3. The molecule has 2 heterocycles. The van der Waals surface area contributed by atoms with Crippen molar-refractivity contribution in [1.29, 1.82) is 0 Å². The third-order valence-electron chi connectivity index (χ3n) is 3.62. The number of fused-ring (bicyclic) bond motifs is 1. The Morgan fingerprint density at radius 1 is 1.37 bits per heavy atom. The first-order valence-electron chi connectivity index (χ1n) is 6.55. The summed E-state index contributed by atoms with van der Waals surface area (Å²) in [6, 6.07) is 3.81. The Balaban J connectivity index is 1.82.